The first-order valence-corrected chi connectivity index (χ1v) is 10.3. The van der Waals surface area contributed by atoms with Gasteiger partial charge in [-0.1, -0.05) is 25.1 Å². The van der Waals surface area contributed by atoms with Crippen LogP contribution in [0.15, 0.2) is 30.5 Å². The molecule has 1 saturated carbocycles. The number of aromatic amines is 1. The third kappa shape index (κ3) is 4.02. The summed E-state index contributed by atoms with van der Waals surface area (Å²) in [6, 6.07) is 7.62. The molecule has 27 heavy (non-hydrogen) atoms. The maximum absolute atomic E-state index is 13.2. The molecule has 1 aliphatic heterocycles. The average molecular weight is 367 g/mol. The number of amides is 2. The second kappa shape index (κ2) is 7.75. The lowest BCUT2D eigenvalue weighted by Crippen LogP contribution is -2.52. The number of H-pyrrole nitrogens is 1. The first-order valence-electron chi connectivity index (χ1n) is 10.3. The molecule has 2 aliphatic rings. The second-order valence-corrected chi connectivity index (χ2v) is 8.14. The summed E-state index contributed by atoms with van der Waals surface area (Å²) in [6.07, 6.45) is 8.04. The van der Waals surface area contributed by atoms with Crippen molar-refractivity contribution < 1.29 is 9.59 Å². The van der Waals surface area contributed by atoms with Gasteiger partial charge in [-0.3, -0.25) is 9.59 Å². The maximum Gasteiger partial charge on any atom is 0.245 e. The van der Waals surface area contributed by atoms with Crippen LogP contribution < -0.4 is 5.32 Å². The lowest BCUT2D eigenvalue weighted by molar-refractivity contribution is -0.138. The highest BCUT2D eigenvalue weighted by Gasteiger charge is 2.35. The van der Waals surface area contributed by atoms with E-state index in [0.717, 1.165) is 55.2 Å². The summed E-state index contributed by atoms with van der Waals surface area (Å²) in [4.78, 5) is 31.1. The van der Waals surface area contributed by atoms with Crippen LogP contribution in [0.3, 0.4) is 0 Å². The molecule has 2 fully saturated rings. The van der Waals surface area contributed by atoms with Crippen molar-refractivity contribution in [2.45, 2.75) is 51.5 Å². The van der Waals surface area contributed by atoms with E-state index in [9.17, 15) is 9.59 Å². The Morgan fingerprint density at radius 2 is 1.93 bits per heavy atom. The van der Waals surface area contributed by atoms with Crippen LogP contribution >= 0.6 is 0 Å². The lowest BCUT2D eigenvalue weighted by atomic mass is 10.00. The number of piperidine rings is 1. The van der Waals surface area contributed by atoms with E-state index in [1.54, 1.807) is 0 Å². The molecule has 4 rings (SSSR count). The fourth-order valence-electron chi connectivity index (χ4n) is 4.17. The summed E-state index contributed by atoms with van der Waals surface area (Å²) in [5.41, 5.74) is 2.15. The number of para-hydroxylation sites is 1. The Morgan fingerprint density at radius 1 is 1.19 bits per heavy atom. The maximum atomic E-state index is 13.2. The molecule has 0 spiro atoms. The molecule has 5 nitrogen and oxygen atoms in total. The topological polar surface area (TPSA) is 65.2 Å². The van der Waals surface area contributed by atoms with E-state index in [2.05, 4.69) is 16.4 Å². The zero-order chi connectivity index (χ0) is 18.8. The smallest absolute Gasteiger partial charge is 0.245 e. The van der Waals surface area contributed by atoms with Crippen molar-refractivity contribution in [3.8, 4) is 0 Å². The van der Waals surface area contributed by atoms with Gasteiger partial charge in [0.15, 0.2) is 0 Å². The van der Waals surface area contributed by atoms with Crippen molar-refractivity contribution in [3.05, 3.63) is 36.0 Å². The predicted octanol–water partition coefficient (Wildman–Crippen LogP) is 3.25. The molecule has 2 amide bonds. The quantitative estimate of drug-likeness (QED) is 0.823. The number of aromatic nitrogens is 1. The summed E-state index contributed by atoms with van der Waals surface area (Å²) < 4.78 is 0. The highest BCUT2D eigenvalue weighted by molar-refractivity contribution is 5.90. The highest BCUT2D eigenvalue weighted by Crippen LogP contribution is 2.36. The summed E-state index contributed by atoms with van der Waals surface area (Å²) in [5, 5.41) is 4.22. The molecule has 2 atom stereocenters. The minimum atomic E-state index is -0.490. The second-order valence-electron chi connectivity index (χ2n) is 8.14. The van der Waals surface area contributed by atoms with Crippen molar-refractivity contribution in [1.29, 1.82) is 0 Å². The minimum absolute atomic E-state index is 0.00961. The van der Waals surface area contributed by atoms with Crippen molar-refractivity contribution >= 4 is 22.7 Å². The number of hydrogen-bond donors (Lipinski definition) is 2. The predicted molar refractivity (Wildman–Crippen MR) is 106 cm³/mol. The van der Waals surface area contributed by atoms with Gasteiger partial charge in [-0.15, -0.1) is 0 Å². The van der Waals surface area contributed by atoms with Crippen molar-refractivity contribution in [2.75, 3.05) is 13.1 Å². The third-order valence-corrected chi connectivity index (χ3v) is 6.12. The molecule has 1 aromatic heterocycles. The first kappa shape index (κ1) is 18.1. The number of benzene rings is 1. The molecule has 5 heteroatoms. The number of carbonyl (C=O) groups excluding carboxylic acids is 2. The number of hydrogen-bond acceptors (Lipinski definition) is 2. The largest absolute Gasteiger partial charge is 0.361 e. The van der Waals surface area contributed by atoms with Crippen LogP contribution in [0, 0.1) is 11.8 Å². The zero-order valence-corrected chi connectivity index (χ0v) is 16.0. The van der Waals surface area contributed by atoms with Crippen molar-refractivity contribution in [1.82, 2.24) is 15.2 Å². The Balaban J connectivity index is 1.54. The van der Waals surface area contributed by atoms with E-state index in [1.165, 1.54) is 6.42 Å². The van der Waals surface area contributed by atoms with Gasteiger partial charge in [0, 0.05) is 42.5 Å². The van der Waals surface area contributed by atoms with Crippen LogP contribution in [0.4, 0.5) is 0 Å². The standard InChI is InChI=1S/C22H29N3O2/c1-15(16-9-10-16)21(26)24-20(22(27)25-11-5-2-6-12-25)13-17-14-23-19-8-4-3-7-18(17)19/h3-4,7-8,14-16,20,23H,2,5-6,9-13H2,1H3,(H,24,26). The summed E-state index contributed by atoms with van der Waals surface area (Å²) in [5.74, 6) is 0.567. The monoisotopic (exact) mass is 367 g/mol. The Morgan fingerprint density at radius 3 is 2.67 bits per heavy atom. The molecule has 2 unspecified atom stereocenters. The number of nitrogens with zero attached hydrogens (tertiary/aromatic N) is 1. The van der Waals surface area contributed by atoms with Crippen LogP contribution in [-0.4, -0.2) is 40.8 Å². The molecule has 144 valence electrons. The number of carbonyl (C=O) groups is 2. The van der Waals surface area contributed by atoms with E-state index in [-0.39, 0.29) is 17.7 Å². The molecule has 1 aromatic carbocycles. The van der Waals surface area contributed by atoms with Gasteiger partial charge in [0.05, 0.1) is 0 Å². The SMILES string of the molecule is CC(C(=O)NC(Cc1c[nH]c2ccccc12)C(=O)N1CCCCC1)C1CC1. The van der Waals surface area contributed by atoms with E-state index in [1.807, 2.05) is 36.2 Å². The van der Waals surface area contributed by atoms with E-state index in [0.29, 0.717) is 12.3 Å². The molecule has 1 aliphatic carbocycles. The lowest BCUT2D eigenvalue weighted by Gasteiger charge is -2.31. The molecule has 0 radical (unpaired) electrons. The van der Waals surface area contributed by atoms with Crippen LogP contribution in [0.5, 0.6) is 0 Å². The number of likely N-dealkylation sites (tertiary alicyclic amines) is 1. The first-order chi connectivity index (χ1) is 13.1. The van der Waals surface area contributed by atoms with Gasteiger partial charge in [-0.2, -0.15) is 0 Å². The number of rotatable bonds is 6. The molecule has 2 aromatic rings. The Labute approximate surface area is 160 Å². The van der Waals surface area contributed by atoms with E-state index >= 15 is 0 Å². The Hall–Kier alpha value is -2.30. The summed E-state index contributed by atoms with van der Waals surface area (Å²) in [7, 11) is 0. The Kier molecular flexibility index (Phi) is 5.19. The fourth-order valence-corrected chi connectivity index (χ4v) is 4.17. The minimum Gasteiger partial charge on any atom is -0.361 e. The number of nitrogens with one attached hydrogen (secondary N) is 2. The van der Waals surface area contributed by atoms with Gasteiger partial charge >= 0.3 is 0 Å². The van der Waals surface area contributed by atoms with Gasteiger partial charge in [0.1, 0.15) is 6.04 Å². The summed E-state index contributed by atoms with van der Waals surface area (Å²) >= 11 is 0. The van der Waals surface area contributed by atoms with Crippen LogP contribution in [0.1, 0.15) is 44.6 Å². The van der Waals surface area contributed by atoms with E-state index in [4.69, 9.17) is 0 Å². The Bertz CT molecular complexity index is 818. The van der Waals surface area contributed by atoms with Gasteiger partial charge in [0.2, 0.25) is 11.8 Å². The molecule has 1 saturated heterocycles. The molecular weight excluding hydrogens is 338 g/mol. The molecule has 0 bridgehead atoms. The van der Waals surface area contributed by atoms with Gasteiger partial charge in [0.25, 0.3) is 0 Å². The van der Waals surface area contributed by atoms with Crippen LogP contribution in [0.2, 0.25) is 0 Å². The van der Waals surface area contributed by atoms with Crippen molar-refractivity contribution in [2.24, 2.45) is 11.8 Å². The molecule has 2 N–H and O–H groups in total. The van der Waals surface area contributed by atoms with Crippen LogP contribution in [0.25, 0.3) is 10.9 Å². The number of fused-ring (bicyclic) bond motifs is 1. The zero-order valence-electron chi connectivity index (χ0n) is 16.0. The fraction of sp³-hybridized carbons (Fsp3) is 0.545. The third-order valence-electron chi connectivity index (χ3n) is 6.12. The molecule has 2 heterocycles. The normalized spacial score (nSPS) is 19.7. The van der Waals surface area contributed by atoms with Crippen molar-refractivity contribution in [3.63, 3.8) is 0 Å². The van der Waals surface area contributed by atoms with Gasteiger partial charge < -0.3 is 15.2 Å². The van der Waals surface area contributed by atoms with Gasteiger partial charge in [-0.05, 0) is 49.7 Å². The highest BCUT2D eigenvalue weighted by atomic mass is 16.2. The van der Waals surface area contributed by atoms with Crippen LogP contribution in [-0.2, 0) is 16.0 Å². The summed E-state index contributed by atoms with van der Waals surface area (Å²) in [6.45, 7) is 3.59. The average Bonchev–Trinajstić information content (AvgIpc) is 3.48. The molecular formula is C22H29N3O2. The van der Waals surface area contributed by atoms with E-state index < -0.39 is 6.04 Å². The van der Waals surface area contributed by atoms with Gasteiger partial charge in [-0.25, -0.2) is 0 Å².